The number of rotatable bonds is 6. The third-order valence-corrected chi connectivity index (χ3v) is 1.93. The van der Waals surface area contributed by atoms with Crippen LogP contribution in [0.2, 0.25) is 0 Å². The molecular formula is C10H17NO2. The number of aliphatic hydroxyl groups excluding tert-OH is 1. The van der Waals surface area contributed by atoms with Crippen molar-refractivity contribution in [1.82, 2.24) is 5.32 Å². The van der Waals surface area contributed by atoms with E-state index in [-0.39, 0.29) is 6.61 Å². The predicted octanol–water partition coefficient (Wildman–Crippen LogP) is 1.04. The summed E-state index contributed by atoms with van der Waals surface area (Å²) >= 11 is 0. The SMILES string of the molecule is CC(CO)CNCCc1ccco1. The Hall–Kier alpha value is -0.800. The lowest BCUT2D eigenvalue weighted by Crippen LogP contribution is -2.25. The molecule has 13 heavy (non-hydrogen) atoms. The maximum absolute atomic E-state index is 8.76. The Balaban J connectivity index is 2.02. The summed E-state index contributed by atoms with van der Waals surface area (Å²) in [4.78, 5) is 0. The summed E-state index contributed by atoms with van der Waals surface area (Å²) in [5.74, 6) is 1.33. The van der Waals surface area contributed by atoms with E-state index in [0.717, 1.165) is 25.3 Å². The van der Waals surface area contributed by atoms with Crippen LogP contribution in [0, 0.1) is 5.92 Å². The van der Waals surface area contributed by atoms with Crippen LogP contribution < -0.4 is 5.32 Å². The molecule has 0 amide bonds. The fraction of sp³-hybridized carbons (Fsp3) is 0.600. The molecule has 0 aliphatic heterocycles. The smallest absolute Gasteiger partial charge is 0.105 e. The van der Waals surface area contributed by atoms with Gasteiger partial charge in [-0.05, 0) is 24.6 Å². The lowest BCUT2D eigenvalue weighted by atomic mass is 10.2. The highest BCUT2D eigenvalue weighted by Gasteiger charge is 1.99. The van der Waals surface area contributed by atoms with Crippen molar-refractivity contribution >= 4 is 0 Å². The van der Waals surface area contributed by atoms with Gasteiger partial charge in [0.1, 0.15) is 5.76 Å². The third-order valence-electron chi connectivity index (χ3n) is 1.93. The minimum absolute atomic E-state index is 0.244. The van der Waals surface area contributed by atoms with E-state index >= 15 is 0 Å². The number of aliphatic hydroxyl groups is 1. The van der Waals surface area contributed by atoms with Crippen molar-refractivity contribution in [2.45, 2.75) is 13.3 Å². The van der Waals surface area contributed by atoms with Gasteiger partial charge in [-0.15, -0.1) is 0 Å². The summed E-state index contributed by atoms with van der Waals surface area (Å²) in [6.07, 6.45) is 2.59. The Morgan fingerprint density at radius 3 is 3.08 bits per heavy atom. The summed E-state index contributed by atoms with van der Waals surface area (Å²) in [7, 11) is 0. The number of furan rings is 1. The summed E-state index contributed by atoms with van der Waals surface area (Å²) in [6.45, 7) is 4.02. The summed E-state index contributed by atoms with van der Waals surface area (Å²) in [5, 5.41) is 12.0. The molecule has 74 valence electrons. The highest BCUT2D eigenvalue weighted by Crippen LogP contribution is 1.99. The van der Waals surface area contributed by atoms with Crippen LogP contribution in [0.3, 0.4) is 0 Å². The van der Waals surface area contributed by atoms with E-state index in [9.17, 15) is 0 Å². The molecule has 1 atom stereocenters. The molecule has 0 saturated heterocycles. The molecule has 0 fully saturated rings. The van der Waals surface area contributed by atoms with E-state index in [1.807, 2.05) is 19.1 Å². The average Bonchev–Trinajstić information content (AvgIpc) is 2.64. The Morgan fingerprint density at radius 1 is 1.62 bits per heavy atom. The molecule has 0 spiro atoms. The number of hydrogen-bond acceptors (Lipinski definition) is 3. The van der Waals surface area contributed by atoms with Gasteiger partial charge in [0.15, 0.2) is 0 Å². The van der Waals surface area contributed by atoms with Gasteiger partial charge in [0.2, 0.25) is 0 Å². The molecule has 1 aromatic rings. The van der Waals surface area contributed by atoms with Gasteiger partial charge in [0, 0.05) is 19.6 Å². The van der Waals surface area contributed by atoms with E-state index in [1.165, 1.54) is 0 Å². The number of hydrogen-bond donors (Lipinski definition) is 2. The van der Waals surface area contributed by atoms with Crippen LogP contribution in [0.15, 0.2) is 22.8 Å². The molecule has 2 N–H and O–H groups in total. The van der Waals surface area contributed by atoms with Gasteiger partial charge in [-0.25, -0.2) is 0 Å². The van der Waals surface area contributed by atoms with Crippen molar-refractivity contribution in [3.8, 4) is 0 Å². The second kappa shape index (κ2) is 5.78. The lowest BCUT2D eigenvalue weighted by molar-refractivity contribution is 0.234. The summed E-state index contributed by atoms with van der Waals surface area (Å²) < 4.78 is 5.18. The topological polar surface area (TPSA) is 45.4 Å². The zero-order valence-corrected chi connectivity index (χ0v) is 7.99. The van der Waals surface area contributed by atoms with E-state index < -0.39 is 0 Å². The summed E-state index contributed by atoms with van der Waals surface area (Å²) in [6, 6.07) is 3.86. The second-order valence-corrected chi connectivity index (χ2v) is 3.32. The van der Waals surface area contributed by atoms with Crippen molar-refractivity contribution in [2.75, 3.05) is 19.7 Å². The molecule has 1 heterocycles. The maximum Gasteiger partial charge on any atom is 0.105 e. The molecule has 0 aromatic carbocycles. The van der Waals surface area contributed by atoms with Crippen LogP contribution in [0.5, 0.6) is 0 Å². The van der Waals surface area contributed by atoms with Crippen LogP contribution >= 0.6 is 0 Å². The molecule has 0 bridgehead atoms. The van der Waals surface area contributed by atoms with Crippen LogP contribution in [-0.4, -0.2) is 24.8 Å². The molecule has 0 saturated carbocycles. The Kier molecular flexibility index (Phi) is 4.57. The van der Waals surface area contributed by atoms with Crippen molar-refractivity contribution in [3.63, 3.8) is 0 Å². The van der Waals surface area contributed by atoms with Gasteiger partial charge < -0.3 is 14.8 Å². The Morgan fingerprint density at radius 2 is 2.46 bits per heavy atom. The van der Waals surface area contributed by atoms with Gasteiger partial charge in [-0.3, -0.25) is 0 Å². The first-order chi connectivity index (χ1) is 6.33. The Bertz CT molecular complexity index is 209. The minimum atomic E-state index is 0.244. The first-order valence-electron chi connectivity index (χ1n) is 4.67. The number of nitrogens with one attached hydrogen (secondary N) is 1. The monoisotopic (exact) mass is 183 g/mol. The fourth-order valence-electron chi connectivity index (χ4n) is 1.08. The van der Waals surface area contributed by atoms with Crippen LogP contribution in [0.4, 0.5) is 0 Å². The van der Waals surface area contributed by atoms with E-state index in [4.69, 9.17) is 9.52 Å². The van der Waals surface area contributed by atoms with E-state index in [1.54, 1.807) is 6.26 Å². The quantitative estimate of drug-likeness (QED) is 0.648. The molecule has 3 nitrogen and oxygen atoms in total. The van der Waals surface area contributed by atoms with Gasteiger partial charge in [-0.1, -0.05) is 6.92 Å². The normalized spacial score (nSPS) is 13.1. The molecule has 1 aromatic heterocycles. The predicted molar refractivity (Wildman–Crippen MR) is 51.5 cm³/mol. The summed E-state index contributed by atoms with van der Waals surface area (Å²) in [5.41, 5.74) is 0. The molecule has 3 heteroatoms. The Labute approximate surface area is 78.8 Å². The van der Waals surface area contributed by atoms with Crippen molar-refractivity contribution in [1.29, 1.82) is 0 Å². The van der Waals surface area contributed by atoms with E-state index in [0.29, 0.717) is 5.92 Å². The van der Waals surface area contributed by atoms with Crippen LogP contribution in [0.25, 0.3) is 0 Å². The largest absolute Gasteiger partial charge is 0.469 e. The zero-order valence-electron chi connectivity index (χ0n) is 7.99. The molecule has 1 unspecified atom stereocenters. The van der Waals surface area contributed by atoms with E-state index in [2.05, 4.69) is 5.32 Å². The second-order valence-electron chi connectivity index (χ2n) is 3.32. The minimum Gasteiger partial charge on any atom is -0.469 e. The van der Waals surface area contributed by atoms with Gasteiger partial charge >= 0.3 is 0 Å². The first kappa shape index (κ1) is 10.3. The van der Waals surface area contributed by atoms with Crippen molar-refractivity contribution < 1.29 is 9.52 Å². The average molecular weight is 183 g/mol. The molecular weight excluding hydrogens is 166 g/mol. The lowest BCUT2D eigenvalue weighted by Gasteiger charge is -2.08. The van der Waals surface area contributed by atoms with Gasteiger partial charge in [-0.2, -0.15) is 0 Å². The fourth-order valence-corrected chi connectivity index (χ4v) is 1.08. The van der Waals surface area contributed by atoms with Crippen LogP contribution in [0.1, 0.15) is 12.7 Å². The molecule has 0 aliphatic rings. The molecule has 0 aliphatic carbocycles. The maximum atomic E-state index is 8.76. The first-order valence-corrected chi connectivity index (χ1v) is 4.67. The standard InChI is InChI=1S/C10H17NO2/c1-9(8-12)7-11-5-4-10-3-2-6-13-10/h2-3,6,9,11-12H,4-5,7-8H2,1H3. The van der Waals surface area contributed by atoms with Crippen molar-refractivity contribution in [2.24, 2.45) is 5.92 Å². The molecule has 1 rings (SSSR count). The van der Waals surface area contributed by atoms with Gasteiger partial charge in [0.05, 0.1) is 6.26 Å². The van der Waals surface area contributed by atoms with Crippen molar-refractivity contribution in [3.05, 3.63) is 24.2 Å². The van der Waals surface area contributed by atoms with Crippen LogP contribution in [-0.2, 0) is 6.42 Å². The zero-order chi connectivity index (χ0) is 9.52. The highest BCUT2D eigenvalue weighted by atomic mass is 16.3. The highest BCUT2D eigenvalue weighted by molar-refractivity contribution is 4.98. The third kappa shape index (κ3) is 4.10. The van der Waals surface area contributed by atoms with Gasteiger partial charge in [0.25, 0.3) is 0 Å². The molecule has 0 radical (unpaired) electrons.